The van der Waals surface area contributed by atoms with E-state index in [2.05, 4.69) is 34.6 Å². The second-order valence-electron chi connectivity index (χ2n) is 26.8. The number of aliphatic hydroxyl groups is 1. The second kappa shape index (κ2) is 66.3. The molecule has 0 aliphatic rings. The fraction of sp³-hybridized carbons (Fsp3) is 0.945. The summed E-state index contributed by atoms with van der Waals surface area (Å²) in [5.41, 5.74) is 0. The summed E-state index contributed by atoms with van der Waals surface area (Å²) < 4.78 is 68.2. The van der Waals surface area contributed by atoms with E-state index in [1.54, 1.807) is 0 Å². The molecule has 0 aliphatic carbocycles. The quantitative estimate of drug-likeness (QED) is 0.0222. The van der Waals surface area contributed by atoms with Gasteiger partial charge in [0.05, 0.1) is 26.4 Å². The molecule has 5 atom stereocenters. The van der Waals surface area contributed by atoms with Gasteiger partial charge in [-0.05, 0) is 31.6 Å². The Morgan fingerprint density at radius 3 is 0.739 bits per heavy atom. The molecule has 0 spiro atoms. The summed E-state index contributed by atoms with van der Waals surface area (Å²) in [6.07, 6.45) is 54.3. The Morgan fingerprint density at radius 2 is 0.500 bits per heavy atom. The van der Waals surface area contributed by atoms with Gasteiger partial charge in [-0.2, -0.15) is 0 Å². The number of aliphatic hydroxyl groups excluding tert-OH is 1. The molecule has 0 aliphatic heterocycles. The third-order valence-corrected chi connectivity index (χ3v) is 18.9. The molecule has 3 N–H and O–H groups in total. The number of rotatable bonds is 73. The number of hydrogen-bond acceptors (Lipinski definition) is 15. The van der Waals surface area contributed by atoms with Gasteiger partial charge in [-0.15, -0.1) is 0 Å². The Morgan fingerprint density at radius 1 is 0.293 bits per heavy atom. The Labute approximate surface area is 562 Å². The zero-order chi connectivity index (χ0) is 67.7. The van der Waals surface area contributed by atoms with Crippen molar-refractivity contribution < 1.29 is 80.2 Å². The normalized spacial score (nSPS) is 14.0. The molecule has 0 aromatic carbocycles. The highest BCUT2D eigenvalue weighted by molar-refractivity contribution is 7.47. The summed E-state index contributed by atoms with van der Waals surface area (Å²) in [6, 6.07) is 0. The molecule has 0 saturated carbocycles. The van der Waals surface area contributed by atoms with Crippen LogP contribution in [0, 0.1) is 5.92 Å². The van der Waals surface area contributed by atoms with Crippen LogP contribution in [0.3, 0.4) is 0 Å². The van der Waals surface area contributed by atoms with Gasteiger partial charge in [0.1, 0.15) is 19.3 Å². The maximum absolute atomic E-state index is 13.1. The first-order chi connectivity index (χ1) is 44.5. The van der Waals surface area contributed by atoms with E-state index in [4.69, 9.17) is 37.0 Å². The maximum atomic E-state index is 13.1. The van der Waals surface area contributed by atoms with Crippen molar-refractivity contribution in [2.75, 3.05) is 39.6 Å². The third kappa shape index (κ3) is 66.7. The van der Waals surface area contributed by atoms with Crippen LogP contribution in [0.15, 0.2) is 0 Å². The molecule has 0 heterocycles. The van der Waals surface area contributed by atoms with Crippen LogP contribution in [0.1, 0.15) is 381 Å². The minimum Gasteiger partial charge on any atom is -0.462 e. The smallest absolute Gasteiger partial charge is 0.462 e. The fourth-order valence-electron chi connectivity index (χ4n) is 11.2. The minimum atomic E-state index is -4.95. The van der Waals surface area contributed by atoms with Gasteiger partial charge in [-0.25, -0.2) is 9.13 Å². The minimum absolute atomic E-state index is 0.106. The van der Waals surface area contributed by atoms with Crippen molar-refractivity contribution in [2.24, 2.45) is 5.92 Å². The molecular weight excluding hydrogens is 1210 g/mol. The lowest BCUT2D eigenvalue weighted by Gasteiger charge is -2.21. The molecule has 2 unspecified atom stereocenters. The van der Waals surface area contributed by atoms with E-state index in [0.717, 1.165) is 109 Å². The maximum Gasteiger partial charge on any atom is 0.472 e. The van der Waals surface area contributed by atoms with Crippen LogP contribution in [0.5, 0.6) is 0 Å². The van der Waals surface area contributed by atoms with Crippen LogP contribution in [0.25, 0.3) is 0 Å². The summed E-state index contributed by atoms with van der Waals surface area (Å²) in [6.45, 7) is 7.25. The van der Waals surface area contributed by atoms with E-state index in [9.17, 15) is 43.2 Å². The first-order valence-corrected chi connectivity index (χ1v) is 41.1. The van der Waals surface area contributed by atoms with Gasteiger partial charge >= 0.3 is 39.5 Å². The topological polar surface area (TPSA) is 237 Å². The number of hydrogen-bond donors (Lipinski definition) is 3. The van der Waals surface area contributed by atoms with Crippen molar-refractivity contribution in [1.29, 1.82) is 0 Å². The van der Waals surface area contributed by atoms with Crippen LogP contribution in [-0.4, -0.2) is 96.7 Å². The van der Waals surface area contributed by atoms with E-state index >= 15 is 0 Å². The van der Waals surface area contributed by atoms with Gasteiger partial charge in [0.2, 0.25) is 0 Å². The fourth-order valence-corrected chi connectivity index (χ4v) is 12.8. The molecule has 0 radical (unpaired) electrons. The average Bonchev–Trinajstić information content (AvgIpc) is 1.75. The van der Waals surface area contributed by atoms with Crippen LogP contribution in [-0.2, 0) is 65.4 Å². The van der Waals surface area contributed by atoms with E-state index in [1.165, 1.54) is 193 Å². The molecular formula is C73H142O17P2. The first-order valence-electron chi connectivity index (χ1n) is 38.1. The third-order valence-electron chi connectivity index (χ3n) is 17.0. The lowest BCUT2D eigenvalue weighted by Crippen LogP contribution is -2.30. The van der Waals surface area contributed by atoms with E-state index in [-0.39, 0.29) is 25.7 Å². The molecule has 19 heteroatoms. The Kier molecular flexibility index (Phi) is 64.9. The van der Waals surface area contributed by atoms with Crippen LogP contribution < -0.4 is 0 Å². The predicted molar refractivity (Wildman–Crippen MR) is 372 cm³/mol. The number of ether oxygens (including phenoxy) is 4. The zero-order valence-electron chi connectivity index (χ0n) is 59.7. The van der Waals surface area contributed by atoms with Crippen molar-refractivity contribution >= 4 is 39.5 Å². The largest absolute Gasteiger partial charge is 0.472 e. The number of carbonyl (C=O) groups excluding carboxylic acids is 4. The van der Waals surface area contributed by atoms with Gasteiger partial charge in [0.25, 0.3) is 0 Å². The van der Waals surface area contributed by atoms with E-state index in [0.29, 0.717) is 25.7 Å². The van der Waals surface area contributed by atoms with Gasteiger partial charge in [0.15, 0.2) is 12.2 Å². The molecule has 0 rings (SSSR count). The van der Waals surface area contributed by atoms with Gasteiger partial charge in [0, 0.05) is 25.7 Å². The van der Waals surface area contributed by atoms with Crippen LogP contribution >= 0.6 is 15.6 Å². The Bertz CT molecular complexity index is 1770. The van der Waals surface area contributed by atoms with Gasteiger partial charge < -0.3 is 33.8 Å². The Balaban J connectivity index is 5.14. The molecule has 546 valence electrons. The number of esters is 4. The summed E-state index contributed by atoms with van der Waals surface area (Å²) in [7, 11) is -9.89. The summed E-state index contributed by atoms with van der Waals surface area (Å²) >= 11 is 0. The van der Waals surface area contributed by atoms with Crippen molar-refractivity contribution in [1.82, 2.24) is 0 Å². The highest BCUT2D eigenvalue weighted by atomic mass is 31.2. The van der Waals surface area contributed by atoms with E-state index < -0.39 is 97.5 Å². The monoisotopic (exact) mass is 1350 g/mol. The predicted octanol–water partition coefficient (Wildman–Crippen LogP) is 21.3. The van der Waals surface area contributed by atoms with Crippen molar-refractivity contribution in [2.45, 2.75) is 400 Å². The van der Waals surface area contributed by atoms with Crippen LogP contribution in [0.4, 0.5) is 0 Å². The molecule has 92 heavy (non-hydrogen) atoms. The highest BCUT2D eigenvalue weighted by Crippen LogP contribution is 2.45. The van der Waals surface area contributed by atoms with Gasteiger partial charge in [-0.1, -0.05) is 330 Å². The molecule has 0 aromatic heterocycles. The van der Waals surface area contributed by atoms with E-state index in [1.807, 2.05) is 0 Å². The Hall–Kier alpha value is -1.94. The second-order valence-corrected chi connectivity index (χ2v) is 29.7. The lowest BCUT2D eigenvalue weighted by molar-refractivity contribution is -0.161. The number of phosphoric ester groups is 2. The number of carbonyl (C=O) groups is 4. The SMILES string of the molecule is CCCCCCCCCCCCCCCCCC(=O)OC[C@H](COP(=O)(O)OC[C@@H](O)COP(=O)(O)OC[C@@H](COC(=O)CCCCCCCCC)OC(=O)CCCCCCCCCCC)OC(=O)CCCCCCCCCCCCCCCCCCCCC(C)C. The molecule has 17 nitrogen and oxygen atoms in total. The average molecular weight is 1350 g/mol. The number of phosphoric acid groups is 2. The molecule has 0 saturated heterocycles. The van der Waals surface area contributed by atoms with Crippen molar-refractivity contribution in [3.8, 4) is 0 Å². The number of unbranched alkanes of at least 4 members (excludes halogenated alkanes) is 45. The van der Waals surface area contributed by atoms with Crippen molar-refractivity contribution in [3.63, 3.8) is 0 Å². The zero-order valence-corrected chi connectivity index (χ0v) is 61.5. The molecule has 0 fully saturated rings. The van der Waals surface area contributed by atoms with Crippen LogP contribution in [0.2, 0.25) is 0 Å². The first kappa shape index (κ1) is 90.1. The molecule has 0 amide bonds. The molecule has 0 aromatic rings. The standard InChI is InChI=1S/C73H142O17P2/c1-6-9-12-15-18-20-21-22-27-31-34-38-42-47-52-57-71(76)84-63-69(90-73(78)59-54-49-44-39-35-32-29-26-24-23-25-28-30-33-37-41-45-50-55-66(4)5)65-88-92(81,82)86-61-67(74)60-85-91(79,80)87-64-68(62-83-70(75)56-51-46-40-17-14-11-8-3)89-72(77)58-53-48-43-36-19-16-13-10-7-2/h66-69,74H,6-65H2,1-5H3,(H,79,80)(H,81,82)/t67-,68+,69+/m0/s1. The summed E-state index contributed by atoms with van der Waals surface area (Å²) in [5.74, 6) is -1.30. The highest BCUT2D eigenvalue weighted by Gasteiger charge is 2.30. The summed E-state index contributed by atoms with van der Waals surface area (Å²) in [5, 5.41) is 10.6. The van der Waals surface area contributed by atoms with Gasteiger partial charge in [-0.3, -0.25) is 37.3 Å². The molecule has 0 bridgehead atoms. The summed E-state index contributed by atoms with van der Waals surface area (Å²) in [4.78, 5) is 72.4. The van der Waals surface area contributed by atoms with Crippen molar-refractivity contribution in [3.05, 3.63) is 0 Å². The lowest BCUT2D eigenvalue weighted by atomic mass is 10.0.